The highest BCUT2D eigenvalue weighted by atomic mass is 35.5. The lowest BCUT2D eigenvalue weighted by atomic mass is 10.1. The van der Waals surface area contributed by atoms with Crippen LogP contribution in [0.4, 0.5) is 11.4 Å². The number of nitro benzene ring substituents is 1. The summed E-state index contributed by atoms with van der Waals surface area (Å²) in [5, 5.41) is 17.8. The van der Waals surface area contributed by atoms with E-state index in [0.29, 0.717) is 15.8 Å². The minimum absolute atomic E-state index is 0.0169. The van der Waals surface area contributed by atoms with Crippen LogP contribution in [-0.4, -0.2) is 10.0 Å². The van der Waals surface area contributed by atoms with Crippen LogP contribution in [0, 0.1) is 10.1 Å². The zero-order valence-corrected chi connectivity index (χ0v) is 13.3. The molecule has 114 valence electrons. The molecule has 22 heavy (non-hydrogen) atoms. The molecule has 2 aromatic carbocycles. The maximum absolute atomic E-state index is 10.6. The molecule has 0 saturated carbocycles. The molecule has 2 aromatic rings. The number of hydrogen-bond donors (Lipinski definition) is 2. The predicted molar refractivity (Wildman–Crippen MR) is 92.3 cm³/mol. The van der Waals surface area contributed by atoms with Gasteiger partial charge in [0, 0.05) is 22.8 Å². The molecule has 0 bridgehead atoms. The van der Waals surface area contributed by atoms with Crippen LogP contribution in [0.25, 0.3) is 0 Å². The van der Waals surface area contributed by atoms with E-state index in [0.717, 1.165) is 5.56 Å². The van der Waals surface area contributed by atoms with E-state index in [-0.39, 0.29) is 11.7 Å². The van der Waals surface area contributed by atoms with Gasteiger partial charge in [0.1, 0.15) is 0 Å². The number of benzene rings is 2. The van der Waals surface area contributed by atoms with Gasteiger partial charge in [-0.05, 0) is 49.0 Å². The Kier molecular flexibility index (Phi) is 5.30. The monoisotopic (exact) mass is 335 g/mol. The van der Waals surface area contributed by atoms with Gasteiger partial charge in [-0.15, -0.1) is 0 Å². The van der Waals surface area contributed by atoms with Gasteiger partial charge < -0.3 is 10.6 Å². The second-order valence-corrected chi connectivity index (χ2v) is 5.52. The minimum Gasteiger partial charge on any atom is -0.356 e. The molecule has 0 aliphatic carbocycles. The lowest BCUT2D eigenvalue weighted by molar-refractivity contribution is -0.384. The van der Waals surface area contributed by atoms with Crippen molar-refractivity contribution in [3.05, 3.63) is 69.2 Å². The van der Waals surface area contributed by atoms with Gasteiger partial charge in [-0.25, -0.2) is 0 Å². The van der Waals surface area contributed by atoms with E-state index >= 15 is 0 Å². The van der Waals surface area contributed by atoms with Crippen molar-refractivity contribution in [2.45, 2.75) is 13.0 Å². The average Bonchev–Trinajstić information content (AvgIpc) is 2.47. The van der Waals surface area contributed by atoms with Crippen LogP contribution < -0.4 is 10.6 Å². The summed E-state index contributed by atoms with van der Waals surface area (Å²) >= 11 is 11.2. The van der Waals surface area contributed by atoms with Crippen molar-refractivity contribution in [1.82, 2.24) is 5.32 Å². The van der Waals surface area contributed by atoms with E-state index in [1.54, 1.807) is 12.1 Å². The molecule has 0 radical (unpaired) electrons. The number of nitrogens with one attached hydrogen (secondary N) is 2. The average molecular weight is 336 g/mol. The van der Waals surface area contributed by atoms with Crippen LogP contribution in [0.2, 0.25) is 5.02 Å². The normalized spacial score (nSPS) is 11.5. The first-order valence-corrected chi connectivity index (χ1v) is 7.32. The first-order valence-electron chi connectivity index (χ1n) is 6.53. The molecule has 0 heterocycles. The summed E-state index contributed by atoms with van der Waals surface area (Å²) in [5.74, 6) is 0. The van der Waals surface area contributed by atoms with E-state index in [2.05, 4.69) is 10.6 Å². The fourth-order valence-electron chi connectivity index (χ4n) is 1.89. The van der Waals surface area contributed by atoms with Crippen LogP contribution >= 0.6 is 23.8 Å². The molecule has 5 nitrogen and oxygen atoms in total. The number of non-ortho nitro benzene ring substituents is 1. The lowest BCUT2D eigenvalue weighted by Crippen LogP contribution is -2.30. The Morgan fingerprint density at radius 2 is 1.95 bits per heavy atom. The first kappa shape index (κ1) is 16.2. The SMILES string of the molecule is C[C@H](NC(=S)Nc1ccc([N+](=O)[O-])cc1)c1cccc(Cl)c1. The number of nitrogens with zero attached hydrogens (tertiary/aromatic N) is 1. The number of nitro groups is 1. The van der Waals surface area contributed by atoms with Gasteiger partial charge in [-0.2, -0.15) is 0 Å². The van der Waals surface area contributed by atoms with E-state index < -0.39 is 4.92 Å². The maximum Gasteiger partial charge on any atom is 0.269 e. The standard InChI is InChI=1S/C15H14ClN3O2S/c1-10(11-3-2-4-12(16)9-11)17-15(22)18-13-5-7-14(8-6-13)19(20)21/h2-10H,1H3,(H2,17,18,22)/t10-/m0/s1. The van der Waals surface area contributed by atoms with E-state index in [9.17, 15) is 10.1 Å². The van der Waals surface area contributed by atoms with Gasteiger partial charge in [0.15, 0.2) is 5.11 Å². The van der Waals surface area contributed by atoms with Crippen molar-refractivity contribution >= 4 is 40.3 Å². The Balaban J connectivity index is 1.96. The van der Waals surface area contributed by atoms with Crippen LogP contribution in [0.15, 0.2) is 48.5 Å². The molecule has 0 aromatic heterocycles. The topological polar surface area (TPSA) is 67.2 Å². The number of rotatable bonds is 4. The molecule has 0 fully saturated rings. The van der Waals surface area contributed by atoms with Crippen molar-refractivity contribution < 1.29 is 4.92 Å². The van der Waals surface area contributed by atoms with E-state index in [4.69, 9.17) is 23.8 Å². The van der Waals surface area contributed by atoms with Crippen molar-refractivity contribution in [1.29, 1.82) is 0 Å². The first-order chi connectivity index (χ1) is 10.5. The molecule has 2 N–H and O–H groups in total. The second kappa shape index (κ2) is 7.20. The highest BCUT2D eigenvalue weighted by molar-refractivity contribution is 7.80. The highest BCUT2D eigenvalue weighted by Crippen LogP contribution is 2.18. The zero-order chi connectivity index (χ0) is 16.1. The molecule has 2 rings (SSSR count). The molecule has 0 unspecified atom stereocenters. The summed E-state index contributed by atoms with van der Waals surface area (Å²) in [6, 6.07) is 13.6. The van der Waals surface area contributed by atoms with E-state index in [1.807, 2.05) is 31.2 Å². The quantitative estimate of drug-likeness (QED) is 0.495. The highest BCUT2D eigenvalue weighted by Gasteiger charge is 2.08. The van der Waals surface area contributed by atoms with Crippen LogP contribution in [0.5, 0.6) is 0 Å². The third-order valence-electron chi connectivity index (χ3n) is 3.03. The summed E-state index contributed by atoms with van der Waals surface area (Å²) in [4.78, 5) is 10.2. The third kappa shape index (κ3) is 4.41. The molecule has 0 aliphatic heterocycles. The summed E-state index contributed by atoms with van der Waals surface area (Å²) in [6.07, 6.45) is 0. The molecule has 1 atom stereocenters. The minimum atomic E-state index is -0.443. The summed E-state index contributed by atoms with van der Waals surface area (Å²) in [6.45, 7) is 1.97. The van der Waals surface area contributed by atoms with Crippen LogP contribution in [0.1, 0.15) is 18.5 Å². The Hall–Kier alpha value is -2.18. The summed E-state index contributed by atoms with van der Waals surface area (Å²) in [7, 11) is 0. The number of hydrogen-bond acceptors (Lipinski definition) is 3. The number of thiocarbonyl (C=S) groups is 1. The van der Waals surface area contributed by atoms with Gasteiger partial charge in [0.25, 0.3) is 5.69 Å². The summed E-state index contributed by atoms with van der Waals surface area (Å²) < 4.78 is 0. The second-order valence-electron chi connectivity index (χ2n) is 4.68. The Labute approximate surface area is 138 Å². The summed E-state index contributed by atoms with van der Waals surface area (Å²) in [5.41, 5.74) is 1.73. The van der Waals surface area contributed by atoms with Crippen molar-refractivity contribution in [3.8, 4) is 0 Å². The fraction of sp³-hybridized carbons (Fsp3) is 0.133. The van der Waals surface area contributed by atoms with Gasteiger partial charge in [-0.3, -0.25) is 10.1 Å². The largest absolute Gasteiger partial charge is 0.356 e. The lowest BCUT2D eigenvalue weighted by Gasteiger charge is -2.17. The van der Waals surface area contributed by atoms with E-state index in [1.165, 1.54) is 12.1 Å². The smallest absolute Gasteiger partial charge is 0.269 e. The van der Waals surface area contributed by atoms with Gasteiger partial charge in [0.05, 0.1) is 11.0 Å². The third-order valence-corrected chi connectivity index (χ3v) is 3.49. The Morgan fingerprint density at radius 1 is 1.27 bits per heavy atom. The number of anilines is 1. The Morgan fingerprint density at radius 3 is 2.55 bits per heavy atom. The van der Waals surface area contributed by atoms with Gasteiger partial charge in [0.2, 0.25) is 0 Å². The molecule has 0 amide bonds. The molecule has 0 spiro atoms. The van der Waals surface area contributed by atoms with Crippen LogP contribution in [0.3, 0.4) is 0 Å². The van der Waals surface area contributed by atoms with Crippen LogP contribution in [-0.2, 0) is 0 Å². The molecule has 0 saturated heterocycles. The van der Waals surface area contributed by atoms with Crippen molar-refractivity contribution in [2.75, 3.05) is 5.32 Å². The molecule has 7 heteroatoms. The van der Waals surface area contributed by atoms with Gasteiger partial charge in [-0.1, -0.05) is 23.7 Å². The van der Waals surface area contributed by atoms with Crippen molar-refractivity contribution in [3.63, 3.8) is 0 Å². The Bertz CT molecular complexity index is 691. The molecular formula is C15H14ClN3O2S. The molecular weight excluding hydrogens is 322 g/mol. The van der Waals surface area contributed by atoms with Gasteiger partial charge >= 0.3 is 0 Å². The maximum atomic E-state index is 10.6. The number of halogens is 1. The zero-order valence-electron chi connectivity index (χ0n) is 11.7. The van der Waals surface area contributed by atoms with Crippen molar-refractivity contribution in [2.24, 2.45) is 0 Å². The molecule has 0 aliphatic rings. The predicted octanol–water partition coefficient (Wildman–Crippen LogP) is 4.30. The fourth-order valence-corrected chi connectivity index (χ4v) is 2.38.